The molecule has 0 aliphatic carbocycles. The molecule has 2 amide bonds. The van der Waals surface area contributed by atoms with Gasteiger partial charge in [-0.1, -0.05) is 20.3 Å². The second-order valence-electron chi connectivity index (χ2n) is 5.11. The first-order valence-electron chi connectivity index (χ1n) is 6.55. The van der Waals surface area contributed by atoms with Crippen molar-refractivity contribution in [3.8, 4) is 0 Å². The van der Waals surface area contributed by atoms with Gasteiger partial charge in [0.2, 0.25) is 11.8 Å². The molecule has 1 aliphatic rings. The van der Waals surface area contributed by atoms with Crippen molar-refractivity contribution in [3.63, 3.8) is 0 Å². The summed E-state index contributed by atoms with van der Waals surface area (Å²) in [6.07, 6.45) is 0.857. The fourth-order valence-electron chi connectivity index (χ4n) is 2.42. The molecule has 0 radical (unpaired) electrons. The Bertz CT molecular complexity index is 319. The molecule has 0 aromatic rings. The van der Waals surface area contributed by atoms with E-state index in [4.69, 9.17) is 4.74 Å². The van der Waals surface area contributed by atoms with E-state index in [9.17, 15) is 9.59 Å². The molecule has 1 aliphatic heterocycles. The largest absolute Gasteiger partial charge is 0.383 e. The average Bonchev–Trinajstić information content (AvgIpc) is 2.32. The number of amides is 2. The molecule has 0 saturated carbocycles. The minimum absolute atomic E-state index is 0.0237. The Morgan fingerprint density at radius 1 is 1.39 bits per heavy atom. The standard InChI is InChI=1S/C13H24N2O3/c1-6-8(2)11-12(16)14-10(4)13(17)15(11)9(3)7-18-5/h8-11H,6-7H2,1-5H3,(H,14,16). The summed E-state index contributed by atoms with van der Waals surface area (Å²) in [7, 11) is 1.60. The number of hydrogen-bond donors (Lipinski definition) is 1. The molecular weight excluding hydrogens is 232 g/mol. The van der Waals surface area contributed by atoms with E-state index < -0.39 is 6.04 Å². The summed E-state index contributed by atoms with van der Waals surface area (Å²) in [6, 6.07) is -0.920. The number of nitrogens with one attached hydrogen (secondary N) is 1. The third kappa shape index (κ3) is 2.83. The highest BCUT2D eigenvalue weighted by Crippen LogP contribution is 2.22. The van der Waals surface area contributed by atoms with Gasteiger partial charge in [-0.15, -0.1) is 0 Å². The fourth-order valence-corrected chi connectivity index (χ4v) is 2.42. The van der Waals surface area contributed by atoms with E-state index in [1.54, 1.807) is 18.9 Å². The molecule has 5 nitrogen and oxygen atoms in total. The monoisotopic (exact) mass is 256 g/mol. The van der Waals surface area contributed by atoms with Crippen molar-refractivity contribution in [2.75, 3.05) is 13.7 Å². The van der Waals surface area contributed by atoms with Crippen LogP contribution in [0.3, 0.4) is 0 Å². The zero-order chi connectivity index (χ0) is 13.9. The van der Waals surface area contributed by atoms with E-state index in [0.29, 0.717) is 6.61 Å². The number of nitrogens with zero attached hydrogens (tertiary/aromatic N) is 1. The van der Waals surface area contributed by atoms with Gasteiger partial charge in [0, 0.05) is 7.11 Å². The number of carbonyl (C=O) groups is 2. The van der Waals surface area contributed by atoms with Crippen molar-refractivity contribution >= 4 is 11.8 Å². The molecule has 0 bridgehead atoms. The molecule has 4 unspecified atom stereocenters. The molecule has 5 heteroatoms. The van der Waals surface area contributed by atoms with Crippen LogP contribution in [0, 0.1) is 5.92 Å². The third-order valence-electron chi connectivity index (χ3n) is 3.62. The molecule has 18 heavy (non-hydrogen) atoms. The maximum absolute atomic E-state index is 12.3. The van der Waals surface area contributed by atoms with E-state index in [0.717, 1.165) is 6.42 Å². The number of carbonyl (C=O) groups excluding carboxylic acids is 2. The zero-order valence-electron chi connectivity index (χ0n) is 11.9. The second-order valence-corrected chi connectivity index (χ2v) is 5.11. The van der Waals surface area contributed by atoms with Gasteiger partial charge in [0.15, 0.2) is 0 Å². The van der Waals surface area contributed by atoms with Gasteiger partial charge in [0.05, 0.1) is 12.6 Å². The molecule has 104 valence electrons. The van der Waals surface area contributed by atoms with Crippen LogP contribution >= 0.6 is 0 Å². The Balaban J connectivity index is 3.00. The van der Waals surface area contributed by atoms with Gasteiger partial charge >= 0.3 is 0 Å². The normalized spacial score (nSPS) is 27.9. The van der Waals surface area contributed by atoms with Crippen molar-refractivity contribution in [3.05, 3.63) is 0 Å². The first-order valence-corrected chi connectivity index (χ1v) is 6.55. The number of ether oxygens (including phenoxy) is 1. The van der Waals surface area contributed by atoms with E-state index in [1.165, 1.54) is 0 Å². The van der Waals surface area contributed by atoms with Gasteiger partial charge < -0.3 is 15.0 Å². The van der Waals surface area contributed by atoms with E-state index in [1.807, 2.05) is 20.8 Å². The van der Waals surface area contributed by atoms with Crippen molar-refractivity contribution in [2.24, 2.45) is 5.92 Å². The van der Waals surface area contributed by atoms with Crippen LogP contribution in [0.1, 0.15) is 34.1 Å². The lowest BCUT2D eigenvalue weighted by Crippen LogP contribution is -2.66. The molecule has 1 heterocycles. The summed E-state index contributed by atoms with van der Waals surface area (Å²) in [5.41, 5.74) is 0. The molecule has 1 rings (SSSR count). The van der Waals surface area contributed by atoms with E-state index in [2.05, 4.69) is 5.32 Å². The number of methoxy groups -OCH3 is 1. The quantitative estimate of drug-likeness (QED) is 0.791. The summed E-state index contributed by atoms with van der Waals surface area (Å²) < 4.78 is 5.11. The molecule has 1 saturated heterocycles. The SMILES string of the molecule is CCC(C)C1C(=O)NC(C)C(=O)N1C(C)COC. The van der Waals surface area contributed by atoms with Crippen LogP contribution in [0.5, 0.6) is 0 Å². The van der Waals surface area contributed by atoms with Crippen LogP contribution in [-0.4, -0.2) is 48.6 Å². The second kappa shape index (κ2) is 6.18. The summed E-state index contributed by atoms with van der Waals surface area (Å²) in [5, 5.41) is 2.75. The van der Waals surface area contributed by atoms with Crippen LogP contribution in [0.2, 0.25) is 0 Å². The molecule has 1 N–H and O–H groups in total. The Morgan fingerprint density at radius 2 is 2.00 bits per heavy atom. The average molecular weight is 256 g/mol. The minimum Gasteiger partial charge on any atom is -0.383 e. The lowest BCUT2D eigenvalue weighted by molar-refractivity contribution is -0.154. The Labute approximate surface area is 109 Å². The summed E-state index contributed by atoms with van der Waals surface area (Å²) >= 11 is 0. The minimum atomic E-state index is -0.447. The molecule has 4 atom stereocenters. The van der Waals surface area contributed by atoms with Crippen LogP contribution in [0.15, 0.2) is 0 Å². The smallest absolute Gasteiger partial charge is 0.245 e. The van der Waals surface area contributed by atoms with Gasteiger partial charge in [0.25, 0.3) is 0 Å². The molecule has 0 aromatic carbocycles. The Hall–Kier alpha value is -1.10. The first kappa shape index (κ1) is 15.0. The maximum Gasteiger partial charge on any atom is 0.245 e. The highest BCUT2D eigenvalue weighted by molar-refractivity contribution is 5.97. The number of hydrogen-bond acceptors (Lipinski definition) is 3. The highest BCUT2D eigenvalue weighted by atomic mass is 16.5. The van der Waals surface area contributed by atoms with Gasteiger partial charge in [-0.2, -0.15) is 0 Å². The van der Waals surface area contributed by atoms with Gasteiger partial charge in [-0.05, 0) is 19.8 Å². The van der Waals surface area contributed by atoms with Crippen LogP contribution in [0.25, 0.3) is 0 Å². The van der Waals surface area contributed by atoms with Crippen molar-refractivity contribution in [2.45, 2.75) is 52.2 Å². The topological polar surface area (TPSA) is 58.6 Å². The van der Waals surface area contributed by atoms with Crippen molar-refractivity contribution in [1.29, 1.82) is 0 Å². The lowest BCUT2D eigenvalue weighted by atomic mass is 9.92. The summed E-state index contributed by atoms with van der Waals surface area (Å²) in [6.45, 7) is 8.11. The maximum atomic E-state index is 12.3. The molecule has 0 aromatic heterocycles. The fraction of sp³-hybridized carbons (Fsp3) is 0.846. The molecule has 0 spiro atoms. The van der Waals surface area contributed by atoms with Gasteiger partial charge in [0.1, 0.15) is 12.1 Å². The van der Waals surface area contributed by atoms with Crippen molar-refractivity contribution in [1.82, 2.24) is 10.2 Å². The van der Waals surface area contributed by atoms with Crippen LogP contribution < -0.4 is 5.32 Å². The first-order chi connectivity index (χ1) is 8.43. The summed E-state index contributed by atoms with van der Waals surface area (Å²) in [5.74, 6) is 0.0598. The van der Waals surface area contributed by atoms with Gasteiger partial charge in [-0.3, -0.25) is 9.59 Å². The van der Waals surface area contributed by atoms with Crippen LogP contribution in [-0.2, 0) is 14.3 Å². The Morgan fingerprint density at radius 3 is 2.50 bits per heavy atom. The predicted octanol–water partition coefficient (Wildman–Crippen LogP) is 0.783. The van der Waals surface area contributed by atoms with E-state index >= 15 is 0 Å². The lowest BCUT2D eigenvalue weighted by Gasteiger charge is -2.43. The third-order valence-corrected chi connectivity index (χ3v) is 3.62. The van der Waals surface area contributed by atoms with Crippen LogP contribution in [0.4, 0.5) is 0 Å². The van der Waals surface area contributed by atoms with Crippen molar-refractivity contribution < 1.29 is 14.3 Å². The number of rotatable bonds is 5. The van der Waals surface area contributed by atoms with Gasteiger partial charge in [-0.25, -0.2) is 0 Å². The molecule has 1 fully saturated rings. The number of piperazine rings is 1. The predicted molar refractivity (Wildman–Crippen MR) is 69.0 cm³/mol. The zero-order valence-corrected chi connectivity index (χ0v) is 11.9. The summed E-state index contributed by atoms with van der Waals surface area (Å²) in [4.78, 5) is 26.1. The highest BCUT2D eigenvalue weighted by Gasteiger charge is 2.42. The molecular formula is C13H24N2O3. The Kier molecular flexibility index (Phi) is 5.14. The van der Waals surface area contributed by atoms with E-state index in [-0.39, 0.29) is 29.8 Å².